The van der Waals surface area contributed by atoms with Gasteiger partial charge in [-0.25, -0.2) is 0 Å². The highest BCUT2D eigenvalue weighted by molar-refractivity contribution is 5.94. The average Bonchev–Trinajstić information content (AvgIpc) is 2.73. The number of hydrogen-bond donors (Lipinski definition) is 2. The highest BCUT2D eigenvalue weighted by Crippen LogP contribution is 2.43. The first-order valence-electron chi connectivity index (χ1n) is 7.17. The lowest BCUT2D eigenvalue weighted by Crippen LogP contribution is -2.57. The molecule has 0 aromatic carbocycles. The summed E-state index contributed by atoms with van der Waals surface area (Å²) in [5, 5.41) is 16.9. The van der Waals surface area contributed by atoms with Crippen LogP contribution in [0.5, 0.6) is 0 Å². The van der Waals surface area contributed by atoms with Crippen molar-refractivity contribution in [1.82, 2.24) is 15.1 Å². The van der Waals surface area contributed by atoms with E-state index in [0.29, 0.717) is 11.5 Å². The van der Waals surface area contributed by atoms with E-state index < -0.39 is 5.54 Å². The van der Waals surface area contributed by atoms with Crippen molar-refractivity contribution in [3.63, 3.8) is 0 Å². The van der Waals surface area contributed by atoms with Crippen molar-refractivity contribution in [3.05, 3.63) is 18.0 Å². The molecule has 1 aromatic rings. The molecule has 2 atom stereocenters. The smallest absolute Gasteiger partial charge is 0.254 e. The first kappa shape index (κ1) is 15.0. The molecule has 1 heterocycles. The zero-order valence-electron chi connectivity index (χ0n) is 12.8. The van der Waals surface area contributed by atoms with Gasteiger partial charge in [0.15, 0.2) is 0 Å². The van der Waals surface area contributed by atoms with Crippen LogP contribution in [0, 0.1) is 11.3 Å². The maximum atomic E-state index is 12.3. The largest absolute Gasteiger partial charge is 0.394 e. The Kier molecular flexibility index (Phi) is 3.91. The third-order valence-corrected chi connectivity index (χ3v) is 4.11. The van der Waals surface area contributed by atoms with Crippen molar-refractivity contribution in [1.29, 1.82) is 0 Å². The fraction of sp³-hybridized carbons (Fsp3) is 0.733. The number of nitrogens with zero attached hydrogens (tertiary/aromatic N) is 2. The van der Waals surface area contributed by atoms with Crippen LogP contribution >= 0.6 is 0 Å². The second kappa shape index (κ2) is 5.20. The minimum absolute atomic E-state index is 0.0211. The quantitative estimate of drug-likeness (QED) is 0.885. The summed E-state index contributed by atoms with van der Waals surface area (Å²) in [5.74, 6) is 0.331. The molecule has 5 heteroatoms. The van der Waals surface area contributed by atoms with Crippen LogP contribution in [-0.2, 0) is 7.05 Å². The molecule has 1 aliphatic carbocycles. The predicted octanol–water partition coefficient (Wildman–Crippen LogP) is 1.73. The number of aromatic nitrogens is 2. The first-order chi connectivity index (χ1) is 9.25. The molecule has 0 saturated heterocycles. The number of aliphatic hydroxyl groups excluding tert-OH is 1. The van der Waals surface area contributed by atoms with E-state index in [1.807, 2.05) is 0 Å². The van der Waals surface area contributed by atoms with Crippen LogP contribution in [0.25, 0.3) is 0 Å². The van der Waals surface area contributed by atoms with E-state index >= 15 is 0 Å². The van der Waals surface area contributed by atoms with E-state index in [2.05, 4.69) is 31.2 Å². The first-order valence-corrected chi connectivity index (χ1v) is 7.17. The molecule has 0 aliphatic heterocycles. The van der Waals surface area contributed by atoms with Gasteiger partial charge in [0.2, 0.25) is 0 Å². The third-order valence-electron chi connectivity index (χ3n) is 4.11. The minimum Gasteiger partial charge on any atom is -0.394 e. The summed E-state index contributed by atoms with van der Waals surface area (Å²) in [6.07, 6.45) is 5.99. The topological polar surface area (TPSA) is 67.2 Å². The van der Waals surface area contributed by atoms with Gasteiger partial charge in [-0.2, -0.15) is 5.10 Å². The van der Waals surface area contributed by atoms with E-state index in [1.165, 1.54) is 0 Å². The third kappa shape index (κ3) is 3.20. The molecular weight excluding hydrogens is 254 g/mol. The van der Waals surface area contributed by atoms with Gasteiger partial charge >= 0.3 is 0 Å². The van der Waals surface area contributed by atoms with Crippen LogP contribution in [0.1, 0.15) is 50.4 Å². The molecule has 2 rings (SSSR count). The Morgan fingerprint density at radius 1 is 1.55 bits per heavy atom. The molecule has 1 aromatic heterocycles. The van der Waals surface area contributed by atoms with Crippen molar-refractivity contribution in [3.8, 4) is 0 Å². The van der Waals surface area contributed by atoms with Crippen LogP contribution < -0.4 is 5.32 Å². The summed E-state index contributed by atoms with van der Waals surface area (Å²) in [6, 6.07) is 0. The lowest BCUT2D eigenvalue weighted by atomic mass is 9.64. The maximum Gasteiger partial charge on any atom is 0.254 e. The van der Waals surface area contributed by atoms with Gasteiger partial charge in [-0.05, 0) is 30.6 Å². The second-order valence-corrected chi connectivity index (χ2v) is 7.15. The second-order valence-electron chi connectivity index (χ2n) is 7.15. The summed E-state index contributed by atoms with van der Waals surface area (Å²) in [7, 11) is 1.78. The van der Waals surface area contributed by atoms with Crippen molar-refractivity contribution in [2.75, 3.05) is 6.61 Å². The van der Waals surface area contributed by atoms with E-state index in [4.69, 9.17) is 0 Å². The highest BCUT2D eigenvalue weighted by atomic mass is 16.3. The number of aliphatic hydroxyl groups is 1. The van der Waals surface area contributed by atoms with Gasteiger partial charge in [0.1, 0.15) is 0 Å². The van der Waals surface area contributed by atoms with E-state index in [9.17, 15) is 9.90 Å². The van der Waals surface area contributed by atoms with E-state index in [-0.39, 0.29) is 17.9 Å². The van der Waals surface area contributed by atoms with Gasteiger partial charge in [-0.15, -0.1) is 0 Å². The van der Waals surface area contributed by atoms with Gasteiger partial charge in [0.25, 0.3) is 5.91 Å². The molecule has 1 fully saturated rings. The Bertz CT molecular complexity index is 495. The zero-order valence-corrected chi connectivity index (χ0v) is 12.8. The SMILES string of the molecule is C[C@H]1CC(C)(C)C[C@](CO)(NC(=O)c2cnn(C)c2)C1. The number of amides is 1. The van der Waals surface area contributed by atoms with Gasteiger partial charge in [-0.3, -0.25) is 9.48 Å². The monoisotopic (exact) mass is 279 g/mol. The van der Waals surface area contributed by atoms with Gasteiger partial charge in [0.05, 0.1) is 23.9 Å². The predicted molar refractivity (Wildman–Crippen MR) is 77.3 cm³/mol. The van der Waals surface area contributed by atoms with Crippen molar-refractivity contribution >= 4 is 5.91 Å². The summed E-state index contributed by atoms with van der Waals surface area (Å²) >= 11 is 0. The van der Waals surface area contributed by atoms with Crippen molar-refractivity contribution in [2.24, 2.45) is 18.4 Å². The number of aryl methyl sites for hydroxylation is 1. The summed E-state index contributed by atoms with van der Waals surface area (Å²) in [5.41, 5.74) is 0.146. The number of rotatable bonds is 3. The van der Waals surface area contributed by atoms with Gasteiger partial charge < -0.3 is 10.4 Å². The molecule has 1 amide bonds. The van der Waals surface area contributed by atoms with Crippen LogP contribution in [-0.4, -0.2) is 32.9 Å². The lowest BCUT2D eigenvalue weighted by Gasteiger charge is -2.47. The Morgan fingerprint density at radius 3 is 2.75 bits per heavy atom. The van der Waals surface area contributed by atoms with Gasteiger partial charge in [0, 0.05) is 13.2 Å². The van der Waals surface area contributed by atoms with Crippen LogP contribution in [0.2, 0.25) is 0 Å². The number of carbonyl (C=O) groups excluding carboxylic acids is 1. The van der Waals surface area contributed by atoms with Crippen LogP contribution in [0.15, 0.2) is 12.4 Å². The molecule has 1 saturated carbocycles. The van der Waals surface area contributed by atoms with Crippen molar-refractivity contribution in [2.45, 2.75) is 45.6 Å². The molecular formula is C15H25N3O2. The molecule has 0 spiro atoms. The lowest BCUT2D eigenvalue weighted by molar-refractivity contribution is 0.0334. The Labute approximate surface area is 120 Å². The van der Waals surface area contributed by atoms with Crippen LogP contribution in [0.4, 0.5) is 0 Å². The molecule has 2 N–H and O–H groups in total. The fourth-order valence-electron chi connectivity index (χ4n) is 3.85. The molecule has 1 aliphatic rings. The number of nitrogens with one attached hydrogen (secondary N) is 1. The Balaban J connectivity index is 2.17. The minimum atomic E-state index is -0.520. The zero-order chi connectivity index (χ0) is 15.0. The summed E-state index contributed by atoms with van der Waals surface area (Å²) in [4.78, 5) is 12.3. The number of hydrogen-bond acceptors (Lipinski definition) is 3. The molecule has 112 valence electrons. The Morgan fingerprint density at radius 2 is 2.25 bits per heavy atom. The molecule has 5 nitrogen and oxygen atoms in total. The maximum absolute atomic E-state index is 12.3. The highest BCUT2D eigenvalue weighted by Gasteiger charge is 2.43. The molecule has 0 bridgehead atoms. The normalized spacial score (nSPS) is 29.1. The van der Waals surface area contributed by atoms with Crippen LogP contribution in [0.3, 0.4) is 0 Å². The van der Waals surface area contributed by atoms with E-state index in [0.717, 1.165) is 19.3 Å². The molecule has 0 unspecified atom stereocenters. The molecule has 0 radical (unpaired) electrons. The fourth-order valence-corrected chi connectivity index (χ4v) is 3.85. The summed E-state index contributed by atoms with van der Waals surface area (Å²) in [6.45, 7) is 6.56. The molecule has 20 heavy (non-hydrogen) atoms. The van der Waals surface area contributed by atoms with E-state index in [1.54, 1.807) is 24.1 Å². The number of carbonyl (C=O) groups is 1. The average molecular weight is 279 g/mol. The standard InChI is InChI=1S/C15H25N3O2/c1-11-5-14(2,3)9-15(6-11,10-19)17-13(20)12-7-16-18(4)8-12/h7-8,11,19H,5-6,9-10H2,1-4H3,(H,17,20)/t11-,15+/m0/s1. The Hall–Kier alpha value is -1.36. The van der Waals surface area contributed by atoms with Crippen molar-refractivity contribution < 1.29 is 9.90 Å². The van der Waals surface area contributed by atoms with Gasteiger partial charge in [-0.1, -0.05) is 20.8 Å². The summed E-state index contributed by atoms with van der Waals surface area (Å²) < 4.78 is 1.61.